The zero-order valence-corrected chi connectivity index (χ0v) is 16.5. The lowest BCUT2D eigenvalue weighted by molar-refractivity contribution is -0.117. The van der Waals surface area contributed by atoms with Gasteiger partial charge in [0.1, 0.15) is 12.4 Å². The van der Waals surface area contributed by atoms with Crippen molar-refractivity contribution in [3.8, 4) is 11.3 Å². The predicted molar refractivity (Wildman–Crippen MR) is 119 cm³/mol. The molecule has 3 aromatic carbocycles. The van der Waals surface area contributed by atoms with E-state index in [1.54, 1.807) is 30.3 Å². The Bertz CT molecular complexity index is 1240. The van der Waals surface area contributed by atoms with E-state index in [1.807, 2.05) is 42.5 Å². The van der Waals surface area contributed by atoms with Crippen LogP contribution >= 0.6 is 0 Å². The molecule has 0 bridgehead atoms. The van der Waals surface area contributed by atoms with E-state index < -0.39 is 5.56 Å². The maximum Gasteiger partial charge on any atom is 0.267 e. The highest BCUT2D eigenvalue weighted by Gasteiger charge is 2.09. The average molecular weight is 414 g/mol. The highest BCUT2D eigenvalue weighted by Crippen LogP contribution is 2.19. The van der Waals surface area contributed by atoms with Crippen LogP contribution in [-0.4, -0.2) is 15.7 Å². The molecule has 4 rings (SSSR count). The number of nitrogens with one attached hydrogen (secondary N) is 2. The number of halogens is 1. The van der Waals surface area contributed by atoms with Crippen molar-refractivity contribution in [3.05, 3.63) is 107 Å². The van der Waals surface area contributed by atoms with E-state index in [4.69, 9.17) is 0 Å². The van der Waals surface area contributed by atoms with E-state index >= 15 is 0 Å². The summed E-state index contributed by atoms with van der Waals surface area (Å²) in [7, 11) is 0. The van der Waals surface area contributed by atoms with Crippen molar-refractivity contribution in [1.29, 1.82) is 0 Å². The van der Waals surface area contributed by atoms with Crippen LogP contribution in [0.25, 0.3) is 11.3 Å². The van der Waals surface area contributed by atoms with Crippen molar-refractivity contribution in [2.45, 2.75) is 6.54 Å². The van der Waals surface area contributed by atoms with Gasteiger partial charge in [-0.05, 0) is 66.7 Å². The topological polar surface area (TPSA) is 76.0 Å². The average Bonchev–Trinajstić information content (AvgIpc) is 2.78. The van der Waals surface area contributed by atoms with Crippen LogP contribution in [0, 0.1) is 5.82 Å². The first-order valence-corrected chi connectivity index (χ1v) is 9.63. The number of hydrogen-bond acceptors (Lipinski definition) is 4. The van der Waals surface area contributed by atoms with Crippen LogP contribution in [0.3, 0.4) is 0 Å². The molecule has 0 radical (unpaired) electrons. The number of carbonyl (C=O) groups is 1. The van der Waals surface area contributed by atoms with Gasteiger partial charge in [0.25, 0.3) is 5.56 Å². The third-order valence-electron chi connectivity index (χ3n) is 4.53. The second-order valence-electron chi connectivity index (χ2n) is 6.84. The summed E-state index contributed by atoms with van der Waals surface area (Å²) >= 11 is 0. The highest BCUT2D eigenvalue weighted by atomic mass is 19.1. The number of aromatic nitrogens is 2. The van der Waals surface area contributed by atoms with Gasteiger partial charge in [0.15, 0.2) is 0 Å². The molecule has 31 heavy (non-hydrogen) atoms. The Labute approximate surface area is 178 Å². The molecule has 1 amide bonds. The molecule has 0 spiro atoms. The minimum atomic E-state index is -0.400. The number of nitrogens with zero attached hydrogens (tertiary/aromatic N) is 2. The molecule has 0 atom stereocenters. The molecular formula is C24H19FN4O2. The quantitative estimate of drug-likeness (QED) is 0.489. The number of carbonyl (C=O) groups excluding carboxylic acids is 1. The van der Waals surface area contributed by atoms with E-state index in [0.717, 1.165) is 16.1 Å². The van der Waals surface area contributed by atoms with Gasteiger partial charge in [0.2, 0.25) is 5.91 Å². The van der Waals surface area contributed by atoms with Gasteiger partial charge in [-0.25, -0.2) is 9.07 Å². The molecule has 154 valence electrons. The zero-order valence-electron chi connectivity index (χ0n) is 16.5. The SMILES string of the molecule is O=C(Cn1nc(-c2ccc(F)cc2)ccc1=O)Nc1ccc(Nc2ccccc2)cc1. The number of hydrogen-bond donors (Lipinski definition) is 2. The number of rotatable bonds is 6. The van der Waals surface area contributed by atoms with Crippen LogP contribution in [0.15, 0.2) is 95.8 Å². The lowest BCUT2D eigenvalue weighted by Gasteiger charge is -2.10. The van der Waals surface area contributed by atoms with Crippen LogP contribution in [0.1, 0.15) is 0 Å². The number of anilines is 3. The maximum atomic E-state index is 13.1. The fourth-order valence-corrected chi connectivity index (χ4v) is 3.00. The number of benzene rings is 3. The summed E-state index contributed by atoms with van der Waals surface area (Å²) in [5.74, 6) is -0.740. The largest absolute Gasteiger partial charge is 0.356 e. The first-order valence-electron chi connectivity index (χ1n) is 9.63. The Morgan fingerprint density at radius 2 is 1.45 bits per heavy atom. The minimum absolute atomic E-state index is 0.238. The summed E-state index contributed by atoms with van der Waals surface area (Å²) in [6, 6.07) is 25.6. The number of para-hydroxylation sites is 1. The molecule has 7 heteroatoms. The molecule has 0 aliphatic carbocycles. The lowest BCUT2D eigenvalue weighted by Crippen LogP contribution is -2.29. The van der Waals surface area contributed by atoms with Crippen molar-refractivity contribution in [2.75, 3.05) is 10.6 Å². The van der Waals surface area contributed by atoms with Gasteiger partial charge in [-0.1, -0.05) is 18.2 Å². The minimum Gasteiger partial charge on any atom is -0.356 e. The Hall–Kier alpha value is -4.26. The molecule has 4 aromatic rings. The van der Waals surface area contributed by atoms with Crippen LogP contribution in [0.4, 0.5) is 21.5 Å². The molecule has 0 aliphatic heterocycles. The third-order valence-corrected chi connectivity index (χ3v) is 4.53. The molecule has 1 heterocycles. The summed E-state index contributed by atoms with van der Waals surface area (Å²) in [4.78, 5) is 24.5. The first kappa shape index (κ1) is 20.0. The standard InChI is InChI=1S/C24H19FN4O2/c25-18-8-6-17(7-9-18)22-14-15-24(31)29(28-22)16-23(30)27-21-12-10-20(11-13-21)26-19-4-2-1-3-5-19/h1-15,26H,16H2,(H,27,30). The molecule has 2 N–H and O–H groups in total. The van der Waals surface area contributed by atoms with Gasteiger partial charge in [-0.15, -0.1) is 0 Å². The van der Waals surface area contributed by atoms with Crippen molar-refractivity contribution in [1.82, 2.24) is 9.78 Å². The Morgan fingerprint density at radius 1 is 0.806 bits per heavy atom. The molecular weight excluding hydrogens is 395 g/mol. The molecule has 0 unspecified atom stereocenters. The van der Waals surface area contributed by atoms with E-state index in [-0.39, 0.29) is 18.3 Å². The summed E-state index contributed by atoms with van der Waals surface area (Å²) in [6.07, 6.45) is 0. The molecule has 1 aromatic heterocycles. The van der Waals surface area contributed by atoms with Gasteiger partial charge >= 0.3 is 0 Å². The van der Waals surface area contributed by atoms with Gasteiger partial charge in [0.05, 0.1) is 5.69 Å². The van der Waals surface area contributed by atoms with Crippen LogP contribution < -0.4 is 16.2 Å². The fraction of sp³-hybridized carbons (Fsp3) is 0.0417. The van der Waals surface area contributed by atoms with Gasteiger partial charge < -0.3 is 10.6 Å². The predicted octanol–water partition coefficient (Wildman–Crippen LogP) is 4.43. The summed E-state index contributed by atoms with van der Waals surface area (Å²) in [5, 5.41) is 10.3. The molecule has 0 aliphatic rings. The van der Waals surface area contributed by atoms with Crippen LogP contribution in [0.2, 0.25) is 0 Å². The smallest absolute Gasteiger partial charge is 0.267 e. The first-order chi connectivity index (χ1) is 15.1. The van der Waals surface area contributed by atoms with Gasteiger partial charge in [-0.3, -0.25) is 9.59 Å². The second kappa shape index (κ2) is 9.04. The van der Waals surface area contributed by atoms with E-state index in [2.05, 4.69) is 15.7 Å². The Morgan fingerprint density at radius 3 is 2.16 bits per heavy atom. The van der Waals surface area contributed by atoms with E-state index in [1.165, 1.54) is 18.2 Å². The second-order valence-corrected chi connectivity index (χ2v) is 6.84. The van der Waals surface area contributed by atoms with Crippen molar-refractivity contribution in [2.24, 2.45) is 0 Å². The summed E-state index contributed by atoms with van der Waals surface area (Å²) < 4.78 is 14.2. The van der Waals surface area contributed by atoms with Crippen LogP contribution in [0.5, 0.6) is 0 Å². The Kier molecular flexibility index (Phi) is 5.84. The number of amides is 1. The molecule has 0 saturated carbocycles. The van der Waals surface area contributed by atoms with Crippen LogP contribution in [-0.2, 0) is 11.3 Å². The zero-order chi connectivity index (χ0) is 21.6. The lowest BCUT2D eigenvalue weighted by atomic mass is 10.1. The third kappa shape index (κ3) is 5.22. The van der Waals surface area contributed by atoms with Crippen molar-refractivity contribution >= 4 is 23.0 Å². The summed E-state index contributed by atoms with van der Waals surface area (Å²) in [6.45, 7) is -0.238. The molecule has 6 nitrogen and oxygen atoms in total. The molecule has 0 fully saturated rings. The maximum absolute atomic E-state index is 13.1. The monoisotopic (exact) mass is 414 g/mol. The van der Waals surface area contributed by atoms with Crippen molar-refractivity contribution < 1.29 is 9.18 Å². The van der Waals surface area contributed by atoms with Crippen molar-refractivity contribution in [3.63, 3.8) is 0 Å². The normalized spacial score (nSPS) is 10.5. The van der Waals surface area contributed by atoms with E-state index in [0.29, 0.717) is 16.9 Å². The molecule has 0 saturated heterocycles. The Balaban J connectivity index is 1.42. The van der Waals surface area contributed by atoms with Gasteiger partial charge in [0, 0.05) is 28.7 Å². The fourth-order valence-electron chi connectivity index (χ4n) is 3.00. The summed E-state index contributed by atoms with van der Waals surface area (Å²) in [5.41, 5.74) is 3.18. The highest BCUT2D eigenvalue weighted by molar-refractivity contribution is 5.90. The van der Waals surface area contributed by atoms with Gasteiger partial charge in [-0.2, -0.15) is 5.10 Å². The van der Waals surface area contributed by atoms with E-state index in [9.17, 15) is 14.0 Å².